The number of non-ortho nitro benzene ring substituents is 1. The number of phenolic OH excluding ortho intramolecular Hbond substituents is 1. The van der Waals surface area contributed by atoms with E-state index in [0.29, 0.717) is 17.1 Å². The zero-order valence-electron chi connectivity index (χ0n) is 18.9. The van der Waals surface area contributed by atoms with E-state index in [0.717, 1.165) is 5.06 Å². The smallest absolute Gasteiger partial charge is 0.314 e. The molecule has 2 fully saturated rings. The highest BCUT2D eigenvalue weighted by Gasteiger charge is 2.59. The van der Waals surface area contributed by atoms with Crippen molar-refractivity contribution in [1.82, 2.24) is 9.96 Å². The van der Waals surface area contributed by atoms with E-state index in [2.05, 4.69) is 0 Å². The van der Waals surface area contributed by atoms with Gasteiger partial charge in [-0.2, -0.15) is 5.06 Å². The third-order valence-electron chi connectivity index (χ3n) is 5.82. The molecule has 0 saturated carbocycles. The van der Waals surface area contributed by atoms with Crippen LogP contribution >= 0.6 is 11.8 Å². The Kier molecular flexibility index (Phi) is 6.57. The van der Waals surface area contributed by atoms with Crippen molar-refractivity contribution >= 4 is 35.2 Å². The minimum absolute atomic E-state index is 0.0419. The average molecular weight is 502 g/mol. The molecule has 2 aliphatic heterocycles. The van der Waals surface area contributed by atoms with Crippen molar-refractivity contribution < 1.29 is 34.0 Å². The molecule has 11 nitrogen and oxygen atoms in total. The molecule has 0 bridgehead atoms. The van der Waals surface area contributed by atoms with E-state index >= 15 is 0 Å². The fourth-order valence-corrected chi connectivity index (χ4v) is 5.37. The van der Waals surface area contributed by atoms with Gasteiger partial charge in [0.25, 0.3) is 17.5 Å². The van der Waals surface area contributed by atoms with E-state index in [1.165, 1.54) is 72.1 Å². The average Bonchev–Trinajstić information content (AvgIpc) is 2.84. The molecule has 12 heteroatoms. The van der Waals surface area contributed by atoms with Crippen LogP contribution in [0.15, 0.2) is 48.5 Å². The van der Waals surface area contributed by atoms with Crippen molar-refractivity contribution in [2.75, 3.05) is 12.3 Å². The number of carbonyl (C=O) groups is 3. The number of nitro benzene ring substituents is 1. The molecule has 0 aromatic heterocycles. The van der Waals surface area contributed by atoms with Gasteiger partial charge in [-0.15, -0.1) is 11.8 Å². The fourth-order valence-electron chi connectivity index (χ4n) is 3.86. The quantitative estimate of drug-likeness (QED) is 0.262. The third kappa shape index (κ3) is 4.87. The lowest BCUT2D eigenvalue weighted by Crippen LogP contribution is -2.74. The van der Waals surface area contributed by atoms with Crippen LogP contribution in [0.2, 0.25) is 0 Å². The number of thioether (sulfide) groups is 1. The zero-order valence-corrected chi connectivity index (χ0v) is 19.8. The molecule has 2 amide bonds. The molecule has 35 heavy (non-hydrogen) atoms. The van der Waals surface area contributed by atoms with E-state index in [1.807, 2.05) is 0 Å². The number of hydrogen-bond donors (Lipinski definition) is 1. The van der Waals surface area contributed by atoms with Gasteiger partial charge in [0.05, 0.1) is 10.3 Å². The summed E-state index contributed by atoms with van der Waals surface area (Å²) in [7, 11) is 0. The third-order valence-corrected chi connectivity index (χ3v) is 7.48. The van der Waals surface area contributed by atoms with Gasteiger partial charge < -0.3 is 19.6 Å². The monoisotopic (exact) mass is 501 g/mol. The lowest BCUT2D eigenvalue weighted by atomic mass is 9.89. The van der Waals surface area contributed by atoms with Gasteiger partial charge in [0.1, 0.15) is 17.7 Å². The molecule has 0 aliphatic carbocycles. The van der Waals surface area contributed by atoms with Gasteiger partial charge in [0, 0.05) is 31.4 Å². The van der Waals surface area contributed by atoms with Gasteiger partial charge in [-0.25, -0.2) is 0 Å². The highest BCUT2D eigenvalue weighted by Crippen LogP contribution is 2.44. The summed E-state index contributed by atoms with van der Waals surface area (Å²) in [5.41, 5.74) is -0.402. The Balaban J connectivity index is 1.37. The molecule has 2 heterocycles. The lowest BCUT2D eigenvalue weighted by Gasteiger charge is -2.54. The Hall–Kier alpha value is -3.80. The zero-order chi connectivity index (χ0) is 25.3. The summed E-state index contributed by atoms with van der Waals surface area (Å²) in [6.45, 7) is 3.09. The lowest BCUT2D eigenvalue weighted by molar-refractivity contribution is -0.384. The number of hydroxylamine groups is 2. The normalized spacial score (nSPS) is 23.0. The number of benzene rings is 2. The predicted molar refractivity (Wildman–Crippen MR) is 124 cm³/mol. The SMILES string of the molecule is CC(=O)N(Oc1ccc(O)cc1)C1C(=O)N2CC(C)(C(=O)OCc3ccc([N+](=O)[O-])cc3)CS[C@H]12. The number of aromatic hydroxyl groups is 1. The Morgan fingerprint density at radius 3 is 2.49 bits per heavy atom. The van der Waals surface area contributed by atoms with Gasteiger partial charge in [-0.05, 0) is 48.9 Å². The van der Waals surface area contributed by atoms with Crippen LogP contribution in [0.25, 0.3) is 0 Å². The Morgan fingerprint density at radius 1 is 1.23 bits per heavy atom. The van der Waals surface area contributed by atoms with E-state index in [1.54, 1.807) is 6.92 Å². The van der Waals surface area contributed by atoms with Gasteiger partial charge in [-0.1, -0.05) is 0 Å². The van der Waals surface area contributed by atoms with E-state index < -0.39 is 28.3 Å². The minimum atomic E-state index is -0.957. The van der Waals surface area contributed by atoms with E-state index in [-0.39, 0.29) is 35.9 Å². The highest BCUT2D eigenvalue weighted by atomic mass is 32.2. The largest absolute Gasteiger partial charge is 0.508 e. The first kappa shape index (κ1) is 24.3. The molecular formula is C23H23N3O8S. The Morgan fingerprint density at radius 2 is 1.89 bits per heavy atom. The maximum Gasteiger partial charge on any atom is 0.314 e. The molecular weight excluding hydrogens is 478 g/mol. The van der Waals surface area contributed by atoms with Gasteiger partial charge >= 0.3 is 5.97 Å². The standard InChI is InChI=1S/C23H23N3O8S/c1-14(27)25(34-18-9-7-17(28)8-10-18)19-20(29)24-12-23(2,13-35-21(19)24)22(30)33-11-15-3-5-16(6-4-15)26(31)32/h3-10,19,21,28H,11-13H2,1-2H3/t19?,21-,23?/m1/s1. The molecule has 0 spiro atoms. The molecule has 1 N–H and O–H groups in total. The number of carbonyl (C=O) groups excluding carboxylic acids is 3. The number of fused-ring (bicyclic) bond motifs is 1. The number of rotatable bonds is 7. The van der Waals surface area contributed by atoms with E-state index in [9.17, 15) is 29.6 Å². The second-order valence-corrected chi connectivity index (χ2v) is 9.71. The summed E-state index contributed by atoms with van der Waals surface area (Å²) in [5.74, 6) is -0.577. The number of nitro groups is 1. The second kappa shape index (κ2) is 9.45. The first-order valence-corrected chi connectivity index (χ1v) is 11.7. The van der Waals surface area contributed by atoms with Gasteiger partial charge in [0.2, 0.25) is 0 Å². The number of esters is 1. The van der Waals surface area contributed by atoms with Crippen LogP contribution in [0.3, 0.4) is 0 Å². The molecule has 0 radical (unpaired) electrons. The van der Waals surface area contributed by atoms with Crippen LogP contribution in [-0.2, 0) is 25.7 Å². The van der Waals surface area contributed by atoms with Crippen molar-refractivity contribution in [3.63, 3.8) is 0 Å². The van der Waals surface area contributed by atoms with Crippen LogP contribution in [0.5, 0.6) is 11.5 Å². The van der Waals surface area contributed by atoms with Crippen LogP contribution in [0, 0.1) is 15.5 Å². The maximum absolute atomic E-state index is 13.0. The summed E-state index contributed by atoms with van der Waals surface area (Å²) < 4.78 is 5.45. The molecule has 184 valence electrons. The van der Waals surface area contributed by atoms with Gasteiger partial charge in [-0.3, -0.25) is 24.5 Å². The van der Waals surface area contributed by atoms with Crippen molar-refractivity contribution in [3.05, 3.63) is 64.2 Å². The van der Waals surface area contributed by atoms with Crippen LogP contribution in [0.4, 0.5) is 5.69 Å². The maximum atomic E-state index is 13.0. The van der Waals surface area contributed by atoms with Crippen molar-refractivity contribution in [2.24, 2.45) is 5.41 Å². The number of amides is 2. The number of phenols is 1. The molecule has 2 aromatic carbocycles. The number of β-lactam (4-membered cyclic amide) rings is 1. The number of ether oxygens (including phenoxy) is 1. The van der Waals surface area contributed by atoms with Crippen molar-refractivity contribution in [3.8, 4) is 11.5 Å². The summed E-state index contributed by atoms with van der Waals surface area (Å²) in [6, 6.07) is 10.7. The molecule has 2 aromatic rings. The summed E-state index contributed by atoms with van der Waals surface area (Å²) in [5, 5.41) is 20.8. The topological polar surface area (TPSA) is 140 Å². The highest BCUT2D eigenvalue weighted by molar-refractivity contribution is 8.00. The summed E-state index contributed by atoms with van der Waals surface area (Å²) in [4.78, 5) is 55.5. The first-order valence-electron chi connectivity index (χ1n) is 10.7. The molecule has 3 atom stereocenters. The molecule has 2 unspecified atom stereocenters. The predicted octanol–water partition coefficient (Wildman–Crippen LogP) is 2.48. The van der Waals surface area contributed by atoms with Crippen molar-refractivity contribution in [1.29, 1.82) is 0 Å². The van der Waals surface area contributed by atoms with Crippen LogP contribution in [0.1, 0.15) is 19.4 Å². The number of nitrogens with zero attached hydrogens (tertiary/aromatic N) is 3. The van der Waals surface area contributed by atoms with Crippen molar-refractivity contribution in [2.45, 2.75) is 31.9 Å². The molecule has 4 rings (SSSR count). The van der Waals surface area contributed by atoms with Gasteiger partial charge in [0.15, 0.2) is 11.8 Å². The van der Waals surface area contributed by atoms with Crippen LogP contribution < -0.4 is 4.84 Å². The first-order chi connectivity index (χ1) is 16.6. The second-order valence-electron chi connectivity index (χ2n) is 8.60. The summed E-state index contributed by atoms with van der Waals surface area (Å²) >= 11 is 1.36. The van der Waals surface area contributed by atoms with E-state index in [4.69, 9.17) is 9.57 Å². The number of hydrogen-bond acceptors (Lipinski definition) is 9. The Labute approximate surface area is 204 Å². The molecule has 2 saturated heterocycles. The fraction of sp³-hybridized carbons (Fsp3) is 0.348. The Bertz CT molecular complexity index is 1160. The molecule has 2 aliphatic rings. The summed E-state index contributed by atoms with van der Waals surface area (Å²) in [6.07, 6.45) is 0. The van der Waals surface area contributed by atoms with Crippen LogP contribution in [-0.4, -0.2) is 61.5 Å². The minimum Gasteiger partial charge on any atom is -0.508 e.